The average molecular weight is 302 g/mol. The number of alkyl halides is 2. The molecule has 0 N–H and O–H groups in total. The lowest BCUT2D eigenvalue weighted by molar-refractivity contribution is -0.140. The molecule has 0 saturated carbocycles. The van der Waals surface area contributed by atoms with E-state index in [4.69, 9.17) is 0 Å². The highest BCUT2D eigenvalue weighted by atomic mass is 32.1. The fourth-order valence-electron chi connectivity index (χ4n) is 2.75. The monoisotopic (exact) mass is 302 g/mol. The van der Waals surface area contributed by atoms with Gasteiger partial charge in [-0.05, 0) is 6.42 Å². The minimum absolute atomic E-state index is 0.00696. The van der Waals surface area contributed by atoms with E-state index < -0.39 is 5.92 Å². The Hall–Kier alpha value is -1.31. The summed E-state index contributed by atoms with van der Waals surface area (Å²) in [6, 6.07) is 0. The molecule has 1 aromatic heterocycles. The van der Waals surface area contributed by atoms with Gasteiger partial charge in [-0.2, -0.15) is 0 Å². The molecule has 0 radical (unpaired) electrons. The molecule has 1 atom stereocenters. The van der Waals surface area contributed by atoms with E-state index in [1.807, 2.05) is 4.90 Å². The Bertz CT molecular complexity index is 472. The van der Waals surface area contributed by atoms with Crippen LogP contribution in [0.3, 0.4) is 0 Å². The van der Waals surface area contributed by atoms with E-state index in [0.717, 1.165) is 18.1 Å². The van der Waals surface area contributed by atoms with Crippen molar-refractivity contribution in [2.24, 2.45) is 5.92 Å². The maximum atomic E-state index is 13.1. The number of carbonyl (C=O) groups is 1. The zero-order valence-electron chi connectivity index (χ0n) is 11.0. The normalized spacial score (nSPS) is 26.0. The van der Waals surface area contributed by atoms with Crippen molar-refractivity contribution in [3.63, 3.8) is 0 Å². The first-order chi connectivity index (χ1) is 9.55. The largest absolute Gasteiger partial charge is 0.346 e. The van der Waals surface area contributed by atoms with E-state index in [1.54, 1.807) is 10.4 Å². The lowest BCUT2D eigenvalue weighted by Gasteiger charge is -2.33. The number of carbonyl (C=O) groups excluding carboxylic acids is 1. The quantitative estimate of drug-likeness (QED) is 0.833. The Morgan fingerprint density at radius 3 is 2.75 bits per heavy atom. The number of likely N-dealkylation sites (tertiary alicyclic amines) is 1. The molecule has 1 unspecified atom stereocenters. The van der Waals surface area contributed by atoms with Crippen LogP contribution in [-0.4, -0.2) is 53.1 Å². The maximum Gasteiger partial charge on any atom is 0.251 e. The molecule has 0 bridgehead atoms. The first kappa shape index (κ1) is 13.7. The summed E-state index contributed by atoms with van der Waals surface area (Å²) in [6.07, 6.45) is 0.322. The van der Waals surface area contributed by atoms with Crippen LogP contribution in [0.1, 0.15) is 19.3 Å². The number of amides is 1. The summed E-state index contributed by atoms with van der Waals surface area (Å²) in [6.45, 7) is 1.72. The number of aromatic nitrogens is 2. The van der Waals surface area contributed by atoms with Gasteiger partial charge >= 0.3 is 0 Å². The van der Waals surface area contributed by atoms with Crippen LogP contribution in [0, 0.1) is 5.92 Å². The molecule has 5 nitrogen and oxygen atoms in total. The lowest BCUT2D eigenvalue weighted by atomic mass is 10.0. The molecule has 0 spiro atoms. The topological polar surface area (TPSA) is 49.3 Å². The van der Waals surface area contributed by atoms with Gasteiger partial charge in [0.05, 0.1) is 5.92 Å². The number of anilines is 1. The molecule has 2 fully saturated rings. The van der Waals surface area contributed by atoms with Gasteiger partial charge in [0, 0.05) is 39.0 Å². The van der Waals surface area contributed by atoms with Crippen LogP contribution in [0.15, 0.2) is 5.51 Å². The van der Waals surface area contributed by atoms with Crippen molar-refractivity contribution in [2.75, 3.05) is 31.1 Å². The molecule has 3 heterocycles. The second kappa shape index (κ2) is 5.23. The predicted molar refractivity (Wildman–Crippen MR) is 71.0 cm³/mol. The molecule has 2 aliphatic rings. The van der Waals surface area contributed by atoms with Crippen molar-refractivity contribution in [3.8, 4) is 0 Å². The highest BCUT2D eigenvalue weighted by Gasteiger charge is 2.39. The van der Waals surface area contributed by atoms with E-state index >= 15 is 0 Å². The third kappa shape index (κ3) is 2.74. The molecule has 1 amide bonds. The van der Waals surface area contributed by atoms with Gasteiger partial charge in [-0.3, -0.25) is 4.79 Å². The number of hydrogen-bond acceptors (Lipinski definition) is 5. The fraction of sp³-hybridized carbons (Fsp3) is 0.750. The molecule has 0 aromatic carbocycles. The van der Waals surface area contributed by atoms with Gasteiger partial charge in [-0.15, -0.1) is 10.2 Å². The Morgan fingerprint density at radius 1 is 1.35 bits per heavy atom. The molecule has 3 rings (SSSR count). The van der Waals surface area contributed by atoms with Crippen molar-refractivity contribution in [3.05, 3.63) is 5.51 Å². The Morgan fingerprint density at radius 2 is 2.10 bits per heavy atom. The smallest absolute Gasteiger partial charge is 0.251 e. The van der Waals surface area contributed by atoms with Crippen molar-refractivity contribution < 1.29 is 13.6 Å². The summed E-state index contributed by atoms with van der Waals surface area (Å²) in [7, 11) is 0. The van der Waals surface area contributed by atoms with E-state index in [-0.39, 0.29) is 37.8 Å². The molecule has 2 saturated heterocycles. The fourth-order valence-corrected chi connectivity index (χ4v) is 3.35. The molecule has 2 aliphatic heterocycles. The SMILES string of the molecule is O=C(C1CCN(c2nncs2)C1)N1CCC(F)(F)CC1. The predicted octanol–water partition coefficient (Wildman–Crippen LogP) is 1.62. The van der Waals surface area contributed by atoms with Gasteiger partial charge in [0.2, 0.25) is 11.0 Å². The van der Waals surface area contributed by atoms with Crippen molar-refractivity contribution in [1.29, 1.82) is 0 Å². The van der Waals surface area contributed by atoms with E-state index in [2.05, 4.69) is 10.2 Å². The highest BCUT2D eigenvalue weighted by molar-refractivity contribution is 7.13. The number of piperidine rings is 1. The second-order valence-electron chi connectivity index (χ2n) is 5.33. The molecule has 1 aromatic rings. The van der Waals surface area contributed by atoms with Crippen molar-refractivity contribution in [1.82, 2.24) is 15.1 Å². The van der Waals surface area contributed by atoms with Crippen LogP contribution >= 0.6 is 11.3 Å². The third-order valence-electron chi connectivity index (χ3n) is 3.96. The number of halogens is 2. The lowest BCUT2D eigenvalue weighted by Crippen LogP contribution is -2.45. The van der Waals surface area contributed by atoms with Crippen molar-refractivity contribution >= 4 is 22.4 Å². The van der Waals surface area contributed by atoms with Gasteiger partial charge < -0.3 is 9.80 Å². The summed E-state index contributed by atoms with van der Waals surface area (Å²) >= 11 is 1.45. The highest BCUT2D eigenvalue weighted by Crippen LogP contribution is 2.30. The molecule has 0 aliphatic carbocycles. The van der Waals surface area contributed by atoms with Crippen LogP contribution in [0.25, 0.3) is 0 Å². The first-order valence-electron chi connectivity index (χ1n) is 6.73. The standard InChI is InChI=1S/C12H16F2N4OS/c13-12(14)2-5-17(6-3-12)10(19)9-1-4-18(7-9)11-16-15-8-20-11/h8-9H,1-7H2. The summed E-state index contributed by atoms with van der Waals surface area (Å²) < 4.78 is 26.2. The van der Waals surface area contributed by atoms with Gasteiger partial charge in [0.1, 0.15) is 5.51 Å². The molecule has 20 heavy (non-hydrogen) atoms. The van der Waals surface area contributed by atoms with E-state index in [9.17, 15) is 13.6 Å². The van der Waals surface area contributed by atoms with Crippen LogP contribution in [0.2, 0.25) is 0 Å². The molecule has 110 valence electrons. The van der Waals surface area contributed by atoms with E-state index in [1.165, 1.54) is 11.3 Å². The minimum Gasteiger partial charge on any atom is -0.346 e. The zero-order valence-corrected chi connectivity index (χ0v) is 11.8. The van der Waals surface area contributed by atoms with Gasteiger partial charge in [0.15, 0.2) is 0 Å². The summed E-state index contributed by atoms with van der Waals surface area (Å²) in [5.41, 5.74) is 1.66. The number of hydrogen-bond donors (Lipinski definition) is 0. The number of nitrogens with zero attached hydrogens (tertiary/aromatic N) is 4. The third-order valence-corrected chi connectivity index (χ3v) is 4.71. The van der Waals surface area contributed by atoms with Crippen LogP contribution in [0.5, 0.6) is 0 Å². The average Bonchev–Trinajstić information content (AvgIpc) is 3.09. The zero-order chi connectivity index (χ0) is 14.2. The van der Waals surface area contributed by atoms with Crippen LogP contribution in [0.4, 0.5) is 13.9 Å². The Balaban J connectivity index is 1.57. The first-order valence-corrected chi connectivity index (χ1v) is 7.61. The summed E-state index contributed by atoms with van der Waals surface area (Å²) in [4.78, 5) is 16.0. The Kier molecular flexibility index (Phi) is 3.57. The minimum atomic E-state index is -2.61. The van der Waals surface area contributed by atoms with Gasteiger partial charge in [-0.25, -0.2) is 8.78 Å². The van der Waals surface area contributed by atoms with Gasteiger partial charge in [-0.1, -0.05) is 11.3 Å². The van der Waals surface area contributed by atoms with Crippen LogP contribution < -0.4 is 4.90 Å². The van der Waals surface area contributed by atoms with E-state index in [0.29, 0.717) is 6.54 Å². The second-order valence-corrected chi connectivity index (χ2v) is 6.15. The van der Waals surface area contributed by atoms with Crippen LogP contribution in [-0.2, 0) is 4.79 Å². The summed E-state index contributed by atoms with van der Waals surface area (Å²) in [5.74, 6) is -2.71. The summed E-state index contributed by atoms with van der Waals surface area (Å²) in [5, 5.41) is 8.61. The molecular formula is C12H16F2N4OS. The number of rotatable bonds is 2. The Labute approximate surface area is 119 Å². The maximum absolute atomic E-state index is 13.1. The van der Waals surface area contributed by atoms with Gasteiger partial charge in [0.25, 0.3) is 5.92 Å². The van der Waals surface area contributed by atoms with Crippen molar-refractivity contribution in [2.45, 2.75) is 25.2 Å². The molecule has 8 heteroatoms. The molecular weight excluding hydrogens is 286 g/mol.